The average molecular weight is 270 g/mol. The molecule has 1 saturated carbocycles. The van der Waals surface area contributed by atoms with Gasteiger partial charge in [-0.05, 0) is 41.1 Å². The molecule has 0 atom stereocenters. The second-order valence-corrected chi connectivity index (χ2v) is 5.39. The molecule has 1 fully saturated rings. The summed E-state index contributed by atoms with van der Waals surface area (Å²) in [5, 5.41) is 0. The fraction of sp³-hybridized carbons (Fsp3) is 0.636. The van der Waals surface area contributed by atoms with E-state index in [1.807, 2.05) is 0 Å². The monoisotopic (exact) mass is 269 g/mol. The third-order valence-electron chi connectivity index (χ3n) is 2.51. The Kier molecular flexibility index (Phi) is 2.96. The number of hydrogen-bond acceptors (Lipinski definition) is 3. The lowest BCUT2D eigenvalue weighted by Gasteiger charge is -2.10. The van der Waals surface area contributed by atoms with Crippen LogP contribution in [0.4, 0.5) is 5.82 Å². The van der Waals surface area contributed by atoms with E-state index in [-0.39, 0.29) is 0 Å². The van der Waals surface area contributed by atoms with Crippen LogP contribution in [0.1, 0.15) is 44.1 Å². The highest BCUT2D eigenvalue weighted by Crippen LogP contribution is 2.39. The van der Waals surface area contributed by atoms with Crippen LogP contribution in [0.25, 0.3) is 0 Å². The van der Waals surface area contributed by atoms with Gasteiger partial charge >= 0.3 is 0 Å². The summed E-state index contributed by atoms with van der Waals surface area (Å²) < 4.78 is 0.876. The third-order valence-corrected chi connectivity index (χ3v) is 3.37. The Bertz CT molecular complexity index is 372. The van der Waals surface area contributed by atoms with Crippen molar-refractivity contribution in [1.82, 2.24) is 9.97 Å². The van der Waals surface area contributed by atoms with Gasteiger partial charge in [-0.2, -0.15) is 0 Å². The van der Waals surface area contributed by atoms with Gasteiger partial charge in [0.15, 0.2) is 0 Å². The molecule has 82 valence electrons. The largest absolute Gasteiger partial charge is 0.383 e. The molecular formula is C11H16BrN3. The summed E-state index contributed by atoms with van der Waals surface area (Å²) in [6.45, 7) is 4.36. The molecule has 0 aliphatic heterocycles. The molecule has 1 aliphatic carbocycles. The molecule has 1 aromatic heterocycles. The molecule has 1 aromatic rings. The first-order chi connectivity index (χ1) is 7.08. The number of nitrogen functional groups attached to an aromatic ring is 1. The van der Waals surface area contributed by atoms with E-state index in [0.29, 0.717) is 17.7 Å². The molecule has 0 spiro atoms. The maximum Gasteiger partial charge on any atom is 0.141 e. The molecule has 15 heavy (non-hydrogen) atoms. The van der Waals surface area contributed by atoms with Crippen molar-refractivity contribution >= 4 is 21.7 Å². The van der Waals surface area contributed by atoms with Crippen molar-refractivity contribution in [2.24, 2.45) is 5.92 Å². The third kappa shape index (κ3) is 2.48. The normalized spacial score (nSPS) is 16.0. The van der Waals surface area contributed by atoms with Crippen molar-refractivity contribution in [2.45, 2.75) is 39.0 Å². The predicted molar refractivity (Wildman–Crippen MR) is 64.7 cm³/mol. The maximum absolute atomic E-state index is 5.86. The first kappa shape index (κ1) is 10.9. The van der Waals surface area contributed by atoms with Gasteiger partial charge in [-0.15, -0.1) is 0 Å². The van der Waals surface area contributed by atoms with Crippen molar-refractivity contribution in [2.75, 3.05) is 5.73 Å². The molecule has 3 nitrogen and oxygen atoms in total. The summed E-state index contributed by atoms with van der Waals surface area (Å²) in [6, 6.07) is 0. The average Bonchev–Trinajstić information content (AvgIpc) is 2.94. The Morgan fingerprint density at radius 2 is 2.07 bits per heavy atom. The molecule has 2 N–H and O–H groups in total. The van der Waals surface area contributed by atoms with Crippen molar-refractivity contribution in [3.8, 4) is 0 Å². The van der Waals surface area contributed by atoms with E-state index in [2.05, 4.69) is 39.7 Å². The number of hydrogen-bond donors (Lipinski definition) is 1. The first-order valence-corrected chi connectivity index (χ1v) is 6.19. The molecule has 0 unspecified atom stereocenters. The Balaban J connectivity index is 2.33. The fourth-order valence-corrected chi connectivity index (χ4v) is 1.92. The lowest BCUT2D eigenvalue weighted by Crippen LogP contribution is -2.07. The van der Waals surface area contributed by atoms with E-state index in [9.17, 15) is 0 Å². The molecule has 0 aromatic carbocycles. The number of rotatable bonds is 3. The van der Waals surface area contributed by atoms with Crippen LogP contribution in [0.5, 0.6) is 0 Å². The zero-order valence-corrected chi connectivity index (χ0v) is 10.7. The van der Waals surface area contributed by atoms with Crippen LogP contribution in [-0.2, 0) is 6.42 Å². The summed E-state index contributed by atoms with van der Waals surface area (Å²) in [5.74, 6) is 2.67. The van der Waals surface area contributed by atoms with E-state index < -0.39 is 0 Å². The number of anilines is 1. The van der Waals surface area contributed by atoms with Gasteiger partial charge in [-0.25, -0.2) is 9.97 Å². The topological polar surface area (TPSA) is 51.8 Å². The molecule has 1 heterocycles. The number of aromatic nitrogens is 2. The molecule has 2 rings (SSSR count). The van der Waals surface area contributed by atoms with Crippen molar-refractivity contribution < 1.29 is 0 Å². The molecule has 0 bridgehead atoms. The summed E-state index contributed by atoms with van der Waals surface area (Å²) in [7, 11) is 0. The van der Waals surface area contributed by atoms with Crippen LogP contribution >= 0.6 is 15.9 Å². The molecule has 0 saturated heterocycles. The van der Waals surface area contributed by atoms with Crippen molar-refractivity contribution in [3.63, 3.8) is 0 Å². The van der Waals surface area contributed by atoms with E-state index in [1.165, 1.54) is 12.8 Å². The minimum absolute atomic E-state index is 0.561. The van der Waals surface area contributed by atoms with Crippen LogP contribution in [0.3, 0.4) is 0 Å². The van der Waals surface area contributed by atoms with Gasteiger partial charge in [-0.1, -0.05) is 13.8 Å². The van der Waals surface area contributed by atoms with Gasteiger partial charge < -0.3 is 5.73 Å². The van der Waals surface area contributed by atoms with Crippen LogP contribution in [0.15, 0.2) is 4.47 Å². The van der Waals surface area contributed by atoms with Gasteiger partial charge in [0.05, 0.1) is 10.2 Å². The van der Waals surface area contributed by atoms with Gasteiger partial charge in [0.1, 0.15) is 11.6 Å². The van der Waals surface area contributed by atoms with Crippen LogP contribution in [0.2, 0.25) is 0 Å². The van der Waals surface area contributed by atoms with Crippen molar-refractivity contribution in [1.29, 1.82) is 0 Å². The smallest absolute Gasteiger partial charge is 0.141 e. The number of nitrogens with two attached hydrogens (primary N) is 1. The Morgan fingerprint density at radius 3 is 2.60 bits per heavy atom. The summed E-state index contributed by atoms with van der Waals surface area (Å²) in [5.41, 5.74) is 6.92. The fourth-order valence-electron chi connectivity index (χ4n) is 1.58. The number of halogens is 1. The lowest BCUT2D eigenvalue weighted by molar-refractivity contribution is 0.628. The summed E-state index contributed by atoms with van der Waals surface area (Å²) in [4.78, 5) is 8.92. The van der Waals surface area contributed by atoms with Gasteiger partial charge in [0.25, 0.3) is 0 Å². The highest BCUT2D eigenvalue weighted by molar-refractivity contribution is 9.10. The zero-order chi connectivity index (χ0) is 11.0. The minimum atomic E-state index is 0.561. The number of nitrogens with zero attached hydrogens (tertiary/aromatic N) is 2. The highest BCUT2D eigenvalue weighted by atomic mass is 79.9. The molecule has 0 radical (unpaired) electrons. The van der Waals surface area contributed by atoms with Gasteiger partial charge in [0, 0.05) is 5.92 Å². The Morgan fingerprint density at radius 1 is 1.40 bits per heavy atom. The maximum atomic E-state index is 5.86. The lowest BCUT2D eigenvalue weighted by atomic mass is 10.1. The molecule has 1 aliphatic rings. The van der Waals surface area contributed by atoms with Gasteiger partial charge in [-0.3, -0.25) is 0 Å². The summed E-state index contributed by atoms with van der Waals surface area (Å²) >= 11 is 3.46. The quantitative estimate of drug-likeness (QED) is 0.918. The van der Waals surface area contributed by atoms with Gasteiger partial charge in [0.2, 0.25) is 0 Å². The van der Waals surface area contributed by atoms with Crippen molar-refractivity contribution in [3.05, 3.63) is 16.0 Å². The molecule has 4 heteroatoms. The Labute approximate surface area is 98.6 Å². The highest BCUT2D eigenvalue weighted by Gasteiger charge is 2.28. The van der Waals surface area contributed by atoms with Crippen LogP contribution < -0.4 is 5.73 Å². The van der Waals surface area contributed by atoms with E-state index >= 15 is 0 Å². The second-order valence-electron chi connectivity index (χ2n) is 4.60. The van der Waals surface area contributed by atoms with E-state index in [0.717, 1.165) is 22.4 Å². The predicted octanol–water partition coefficient (Wildman–Crippen LogP) is 2.90. The molecule has 0 amide bonds. The summed E-state index contributed by atoms with van der Waals surface area (Å²) in [6.07, 6.45) is 3.37. The van der Waals surface area contributed by atoms with E-state index in [4.69, 9.17) is 5.73 Å². The SMILES string of the molecule is CC(C)Cc1nc(C2CC2)nc(N)c1Br. The van der Waals surface area contributed by atoms with Crippen LogP contribution in [0, 0.1) is 5.92 Å². The van der Waals surface area contributed by atoms with Crippen LogP contribution in [-0.4, -0.2) is 9.97 Å². The standard InChI is InChI=1S/C11H16BrN3/c1-6(2)5-8-9(12)10(13)15-11(14-8)7-3-4-7/h6-7H,3-5H2,1-2H3,(H2,13,14,15). The molecular weight excluding hydrogens is 254 g/mol. The second kappa shape index (κ2) is 4.08. The minimum Gasteiger partial charge on any atom is -0.383 e. The first-order valence-electron chi connectivity index (χ1n) is 5.39. The Hall–Kier alpha value is -0.640. The zero-order valence-electron chi connectivity index (χ0n) is 9.13. The van der Waals surface area contributed by atoms with E-state index in [1.54, 1.807) is 0 Å².